The molecule has 2 aromatic rings. The summed E-state index contributed by atoms with van der Waals surface area (Å²) in [5.74, 6) is -4.94. The lowest BCUT2D eigenvalue weighted by atomic mass is 9.72. The zero-order valence-corrected chi connectivity index (χ0v) is 20.4. The fraction of sp³-hybridized carbons (Fsp3) is 0.458. The first kappa shape index (κ1) is 25.2. The summed E-state index contributed by atoms with van der Waals surface area (Å²) in [4.78, 5) is 40.2. The smallest absolute Gasteiger partial charge is 0.272 e. The molecule has 7 nitrogen and oxygen atoms in total. The van der Waals surface area contributed by atoms with Gasteiger partial charge in [0.2, 0.25) is 5.91 Å². The van der Waals surface area contributed by atoms with E-state index in [4.69, 9.17) is 11.6 Å². The number of carbonyl (C=O) groups is 3. The van der Waals surface area contributed by atoms with Crippen LogP contribution in [0.5, 0.6) is 0 Å². The Labute approximate surface area is 205 Å². The Bertz CT molecular complexity index is 1220. The minimum atomic E-state index is -2.97. The van der Waals surface area contributed by atoms with Crippen molar-refractivity contribution >= 4 is 34.9 Å². The molecule has 0 unspecified atom stereocenters. The number of rotatable bonds is 7. The average Bonchev–Trinajstić information content (AvgIpc) is 3.31. The maximum absolute atomic E-state index is 13.7. The van der Waals surface area contributed by atoms with E-state index in [1.165, 1.54) is 31.1 Å². The van der Waals surface area contributed by atoms with E-state index in [9.17, 15) is 27.6 Å². The fourth-order valence-corrected chi connectivity index (χ4v) is 5.28. The lowest BCUT2D eigenvalue weighted by Gasteiger charge is -2.47. The molecule has 1 aromatic heterocycles. The van der Waals surface area contributed by atoms with Gasteiger partial charge in [0.1, 0.15) is 17.1 Å². The van der Waals surface area contributed by atoms with Gasteiger partial charge in [0.15, 0.2) is 5.78 Å². The van der Waals surface area contributed by atoms with Crippen molar-refractivity contribution in [1.29, 1.82) is 0 Å². The number of halogens is 4. The number of benzene rings is 1. The van der Waals surface area contributed by atoms with Gasteiger partial charge in [-0.25, -0.2) is 13.2 Å². The Morgan fingerprint density at radius 2 is 1.89 bits per heavy atom. The number of amides is 2. The number of nitrogens with zero attached hydrogens (tertiary/aromatic N) is 2. The number of likely N-dealkylation sites (N-methyl/N-ethyl adjacent to an activating group) is 1. The van der Waals surface area contributed by atoms with E-state index in [1.54, 1.807) is 11.5 Å². The third-order valence-corrected chi connectivity index (χ3v) is 6.89. The van der Waals surface area contributed by atoms with Crippen molar-refractivity contribution < 1.29 is 27.6 Å². The predicted molar refractivity (Wildman–Crippen MR) is 125 cm³/mol. The Hall–Kier alpha value is -2.85. The van der Waals surface area contributed by atoms with Crippen LogP contribution in [0.2, 0.25) is 5.02 Å². The van der Waals surface area contributed by atoms with Crippen LogP contribution in [-0.4, -0.2) is 59.2 Å². The Morgan fingerprint density at radius 1 is 1.20 bits per heavy atom. The average molecular weight is 511 g/mol. The summed E-state index contributed by atoms with van der Waals surface area (Å²) in [5.41, 5.74) is 0.625. The van der Waals surface area contributed by atoms with Gasteiger partial charge in [-0.3, -0.25) is 19.7 Å². The molecule has 0 bridgehead atoms. The topological polar surface area (TPSA) is 83.4 Å². The van der Waals surface area contributed by atoms with Gasteiger partial charge in [-0.2, -0.15) is 0 Å². The zero-order valence-electron chi connectivity index (χ0n) is 19.6. The lowest BCUT2D eigenvalue weighted by molar-refractivity contribution is -0.169. The number of nitrogens with one attached hydrogen (secondary N) is 2. The number of Topliss-reactive ketones (excluding diaryl/α,β-unsaturated/α-hetero) is 1. The molecule has 1 aliphatic heterocycles. The largest absolute Gasteiger partial charge is 0.347 e. The van der Waals surface area contributed by atoms with E-state index in [2.05, 4.69) is 10.6 Å². The number of ketones is 1. The molecule has 0 saturated heterocycles. The van der Waals surface area contributed by atoms with Gasteiger partial charge < -0.3 is 14.8 Å². The molecule has 11 heteroatoms. The minimum absolute atomic E-state index is 0.135. The van der Waals surface area contributed by atoms with Crippen molar-refractivity contribution in [2.24, 2.45) is 0 Å². The first-order valence-electron chi connectivity index (χ1n) is 11.2. The second kappa shape index (κ2) is 8.98. The van der Waals surface area contributed by atoms with Crippen LogP contribution in [-0.2, 0) is 17.8 Å². The first-order valence-corrected chi connectivity index (χ1v) is 11.6. The Balaban J connectivity index is 1.57. The molecule has 4 rings (SSSR count). The van der Waals surface area contributed by atoms with E-state index in [0.717, 1.165) is 12.5 Å². The van der Waals surface area contributed by atoms with Gasteiger partial charge in [-0.1, -0.05) is 11.6 Å². The molecule has 188 valence electrons. The number of carbonyl (C=O) groups excluding carboxylic acids is 3. The maximum atomic E-state index is 13.7. The van der Waals surface area contributed by atoms with Gasteiger partial charge in [-0.05, 0) is 43.5 Å². The highest BCUT2D eigenvalue weighted by atomic mass is 35.5. The van der Waals surface area contributed by atoms with Gasteiger partial charge in [0.25, 0.3) is 11.8 Å². The van der Waals surface area contributed by atoms with Gasteiger partial charge >= 0.3 is 0 Å². The molecular weight excluding hydrogens is 485 g/mol. The molecule has 0 radical (unpaired) electrons. The third-order valence-electron chi connectivity index (χ3n) is 6.60. The number of anilines is 1. The summed E-state index contributed by atoms with van der Waals surface area (Å²) >= 11 is 5.80. The van der Waals surface area contributed by atoms with Crippen molar-refractivity contribution in [1.82, 2.24) is 14.8 Å². The number of aromatic nitrogens is 1. The van der Waals surface area contributed by atoms with E-state index < -0.39 is 41.9 Å². The molecule has 0 spiro atoms. The molecular formula is C24H26ClF3N4O3. The predicted octanol–water partition coefficient (Wildman–Crippen LogP) is 3.82. The van der Waals surface area contributed by atoms with Crippen LogP contribution < -0.4 is 10.6 Å². The molecule has 1 fully saturated rings. The van der Waals surface area contributed by atoms with Crippen molar-refractivity contribution in [3.05, 3.63) is 51.6 Å². The Morgan fingerprint density at radius 3 is 2.49 bits per heavy atom. The van der Waals surface area contributed by atoms with Crippen LogP contribution in [0, 0.1) is 12.7 Å². The summed E-state index contributed by atoms with van der Waals surface area (Å²) in [6.07, 6.45) is -0.0330. The zero-order chi connectivity index (χ0) is 25.7. The summed E-state index contributed by atoms with van der Waals surface area (Å²) < 4.78 is 42.6. The summed E-state index contributed by atoms with van der Waals surface area (Å²) in [5, 5.41) is 5.35. The van der Waals surface area contributed by atoms with E-state index >= 15 is 0 Å². The highest BCUT2D eigenvalue weighted by molar-refractivity contribution is 6.31. The second-order valence-corrected chi connectivity index (χ2v) is 9.81. The van der Waals surface area contributed by atoms with E-state index in [-0.39, 0.29) is 17.4 Å². The van der Waals surface area contributed by atoms with Crippen molar-refractivity contribution in [2.45, 2.75) is 50.6 Å². The summed E-state index contributed by atoms with van der Waals surface area (Å²) in [6.45, 7) is 1.88. The standard InChI is InChI=1S/C24H26ClF3N4O3/c1-13-19(18(33)10-29-23(22(35)31(2)3)11-24(27,28)12-23)17-5-4-8-32(17)20(13)21(34)30-14-6-7-16(26)15(25)9-14/h6-7,9,29H,4-5,8,10-12H2,1-3H3,(H,30,34). The van der Waals surface area contributed by atoms with Crippen LogP contribution in [0.3, 0.4) is 0 Å². The van der Waals surface area contributed by atoms with E-state index in [1.807, 2.05) is 0 Å². The fourth-order valence-electron chi connectivity index (χ4n) is 5.09. The first-order chi connectivity index (χ1) is 16.3. The van der Waals surface area contributed by atoms with Crippen LogP contribution >= 0.6 is 11.6 Å². The molecule has 2 N–H and O–H groups in total. The summed E-state index contributed by atoms with van der Waals surface area (Å²) in [6, 6.07) is 3.82. The molecule has 1 saturated carbocycles. The summed E-state index contributed by atoms with van der Waals surface area (Å²) in [7, 11) is 2.96. The van der Waals surface area contributed by atoms with Crippen LogP contribution in [0.15, 0.2) is 18.2 Å². The lowest BCUT2D eigenvalue weighted by Crippen LogP contribution is -2.68. The maximum Gasteiger partial charge on any atom is 0.272 e. The normalized spacial score (nSPS) is 17.5. The molecule has 2 aliphatic rings. The molecule has 1 aromatic carbocycles. The quantitative estimate of drug-likeness (QED) is 0.555. The molecule has 2 heterocycles. The van der Waals surface area contributed by atoms with Crippen LogP contribution in [0.1, 0.15) is 51.4 Å². The number of hydrogen-bond acceptors (Lipinski definition) is 4. The number of hydrogen-bond donors (Lipinski definition) is 2. The van der Waals surface area contributed by atoms with Gasteiger partial charge in [-0.15, -0.1) is 0 Å². The monoisotopic (exact) mass is 510 g/mol. The minimum Gasteiger partial charge on any atom is -0.347 e. The van der Waals surface area contributed by atoms with E-state index in [0.29, 0.717) is 41.2 Å². The van der Waals surface area contributed by atoms with Crippen LogP contribution in [0.25, 0.3) is 0 Å². The van der Waals surface area contributed by atoms with Crippen molar-refractivity contribution in [3.8, 4) is 0 Å². The highest BCUT2D eigenvalue weighted by Gasteiger charge is 2.61. The molecule has 1 aliphatic carbocycles. The Kier molecular flexibility index (Phi) is 6.48. The highest BCUT2D eigenvalue weighted by Crippen LogP contribution is 2.46. The number of fused-ring (bicyclic) bond motifs is 1. The van der Waals surface area contributed by atoms with Crippen molar-refractivity contribution in [3.63, 3.8) is 0 Å². The molecule has 2 amide bonds. The number of alkyl halides is 2. The second-order valence-electron chi connectivity index (χ2n) is 9.40. The van der Waals surface area contributed by atoms with Gasteiger partial charge in [0.05, 0.1) is 11.6 Å². The molecule has 35 heavy (non-hydrogen) atoms. The third kappa shape index (κ3) is 4.56. The van der Waals surface area contributed by atoms with Crippen LogP contribution in [0.4, 0.5) is 18.9 Å². The van der Waals surface area contributed by atoms with Gasteiger partial charge in [0, 0.05) is 50.4 Å². The SMILES string of the molecule is Cc1c(C(=O)CNC2(C(=O)N(C)C)CC(F)(F)C2)c2n(c1C(=O)Nc1ccc(F)c(Cl)c1)CCC2. The molecule has 0 atom stereocenters. The van der Waals surface area contributed by atoms with Crippen molar-refractivity contribution in [2.75, 3.05) is 26.0 Å².